The molecule has 0 bridgehead atoms. The number of aromatic nitrogens is 3. The summed E-state index contributed by atoms with van der Waals surface area (Å²) in [5.74, 6) is 0. The van der Waals surface area contributed by atoms with Gasteiger partial charge in [0.1, 0.15) is 0 Å². The van der Waals surface area contributed by atoms with E-state index in [1.807, 2.05) is 37.3 Å². The lowest BCUT2D eigenvalue weighted by molar-refractivity contribution is 0.265. The molecule has 15 heavy (non-hydrogen) atoms. The van der Waals surface area contributed by atoms with E-state index >= 15 is 0 Å². The third-order valence-corrected chi connectivity index (χ3v) is 2.46. The summed E-state index contributed by atoms with van der Waals surface area (Å²) in [5, 5.41) is 16.9. The van der Waals surface area contributed by atoms with Gasteiger partial charge < -0.3 is 5.11 Å². The molecule has 1 unspecified atom stereocenters. The van der Waals surface area contributed by atoms with E-state index in [0.717, 1.165) is 11.3 Å². The lowest BCUT2D eigenvalue weighted by atomic mass is 10.1. The van der Waals surface area contributed by atoms with E-state index in [9.17, 15) is 0 Å². The first-order valence-corrected chi connectivity index (χ1v) is 4.88. The van der Waals surface area contributed by atoms with Crippen LogP contribution in [0.4, 0.5) is 0 Å². The Bertz CT molecular complexity index is 424. The molecule has 4 nitrogen and oxygen atoms in total. The topological polar surface area (TPSA) is 50.9 Å². The van der Waals surface area contributed by atoms with E-state index in [1.54, 1.807) is 10.9 Å². The van der Waals surface area contributed by atoms with Gasteiger partial charge in [0.15, 0.2) is 0 Å². The van der Waals surface area contributed by atoms with Gasteiger partial charge in [-0.3, -0.25) is 0 Å². The van der Waals surface area contributed by atoms with Crippen LogP contribution in [0, 0.1) is 0 Å². The van der Waals surface area contributed by atoms with E-state index in [-0.39, 0.29) is 12.6 Å². The number of aliphatic hydroxyl groups is 1. The Labute approximate surface area is 88.2 Å². The summed E-state index contributed by atoms with van der Waals surface area (Å²) in [7, 11) is 0. The average molecular weight is 203 g/mol. The van der Waals surface area contributed by atoms with Gasteiger partial charge in [-0.05, 0) is 12.5 Å². The molecule has 0 fully saturated rings. The van der Waals surface area contributed by atoms with Gasteiger partial charge in [-0.15, -0.1) is 5.10 Å². The summed E-state index contributed by atoms with van der Waals surface area (Å²) >= 11 is 0. The summed E-state index contributed by atoms with van der Waals surface area (Å²) < 4.78 is 1.73. The van der Waals surface area contributed by atoms with Crippen LogP contribution in [0.15, 0.2) is 36.5 Å². The zero-order chi connectivity index (χ0) is 10.7. The molecular weight excluding hydrogens is 190 g/mol. The highest BCUT2D eigenvalue weighted by Crippen LogP contribution is 2.17. The van der Waals surface area contributed by atoms with Crippen LogP contribution in [0.3, 0.4) is 0 Å². The second kappa shape index (κ2) is 4.23. The monoisotopic (exact) mass is 203 g/mol. The summed E-state index contributed by atoms with van der Waals surface area (Å²) in [6, 6.07) is 10.1. The van der Waals surface area contributed by atoms with Crippen molar-refractivity contribution in [2.75, 3.05) is 0 Å². The fourth-order valence-corrected chi connectivity index (χ4v) is 1.58. The zero-order valence-corrected chi connectivity index (χ0v) is 8.54. The lowest BCUT2D eigenvalue weighted by Gasteiger charge is -2.13. The summed E-state index contributed by atoms with van der Waals surface area (Å²) in [5.41, 5.74) is 1.88. The summed E-state index contributed by atoms with van der Waals surface area (Å²) in [6.45, 7) is 1.99. The van der Waals surface area contributed by atoms with Gasteiger partial charge in [-0.1, -0.05) is 35.5 Å². The van der Waals surface area contributed by atoms with Gasteiger partial charge in [0.25, 0.3) is 0 Å². The maximum Gasteiger partial charge on any atom is 0.0866 e. The largest absolute Gasteiger partial charge is 0.390 e. The highest BCUT2D eigenvalue weighted by atomic mass is 16.3. The standard InChI is InChI=1S/C11H13N3O/c1-9(10-5-3-2-4-6-10)14-11(8-15)7-12-13-14/h2-7,9,15H,8H2,1H3. The van der Waals surface area contributed by atoms with Crippen LogP contribution in [0.5, 0.6) is 0 Å². The summed E-state index contributed by atoms with van der Waals surface area (Å²) in [6.07, 6.45) is 1.58. The molecular formula is C11H13N3O. The lowest BCUT2D eigenvalue weighted by Crippen LogP contribution is -2.11. The smallest absolute Gasteiger partial charge is 0.0866 e. The Morgan fingerprint density at radius 3 is 2.73 bits per heavy atom. The Hall–Kier alpha value is -1.68. The van der Waals surface area contributed by atoms with Gasteiger partial charge >= 0.3 is 0 Å². The minimum atomic E-state index is -0.0375. The molecule has 1 heterocycles. The number of rotatable bonds is 3. The maximum atomic E-state index is 9.10. The van der Waals surface area contributed by atoms with Crippen LogP contribution >= 0.6 is 0 Å². The summed E-state index contributed by atoms with van der Waals surface area (Å²) in [4.78, 5) is 0. The van der Waals surface area contributed by atoms with Crippen molar-refractivity contribution in [3.63, 3.8) is 0 Å². The molecule has 1 N–H and O–H groups in total. The molecule has 1 atom stereocenters. The number of hydrogen-bond donors (Lipinski definition) is 1. The van der Waals surface area contributed by atoms with Gasteiger partial charge in [0, 0.05) is 0 Å². The zero-order valence-electron chi connectivity index (χ0n) is 8.54. The Morgan fingerprint density at radius 1 is 1.33 bits per heavy atom. The molecule has 0 aliphatic heterocycles. The number of aliphatic hydroxyl groups excluding tert-OH is 1. The van der Waals surface area contributed by atoms with E-state index in [4.69, 9.17) is 5.11 Å². The van der Waals surface area contributed by atoms with Crippen LogP contribution in [0.1, 0.15) is 24.2 Å². The van der Waals surface area contributed by atoms with Crippen molar-refractivity contribution in [2.45, 2.75) is 19.6 Å². The molecule has 0 aliphatic rings. The predicted molar refractivity (Wildman–Crippen MR) is 56.2 cm³/mol. The van der Waals surface area contributed by atoms with Crippen molar-refractivity contribution in [1.29, 1.82) is 0 Å². The molecule has 2 aromatic rings. The molecule has 0 saturated heterocycles. The number of nitrogens with zero attached hydrogens (tertiary/aromatic N) is 3. The normalized spacial score (nSPS) is 12.7. The maximum absolute atomic E-state index is 9.10. The van der Waals surface area contributed by atoms with Crippen LogP contribution in [0.2, 0.25) is 0 Å². The third kappa shape index (κ3) is 1.89. The van der Waals surface area contributed by atoms with Crippen molar-refractivity contribution in [3.8, 4) is 0 Å². The minimum absolute atomic E-state index is 0.0375. The van der Waals surface area contributed by atoms with Gasteiger partial charge in [-0.2, -0.15) is 0 Å². The molecule has 4 heteroatoms. The SMILES string of the molecule is CC(c1ccccc1)n1nncc1CO. The third-order valence-electron chi connectivity index (χ3n) is 2.46. The fourth-order valence-electron chi connectivity index (χ4n) is 1.58. The second-order valence-corrected chi connectivity index (χ2v) is 3.41. The predicted octanol–water partition coefficient (Wildman–Crippen LogP) is 1.38. The number of hydrogen-bond acceptors (Lipinski definition) is 3. The first-order valence-electron chi connectivity index (χ1n) is 4.88. The van der Waals surface area contributed by atoms with E-state index in [0.29, 0.717) is 0 Å². The van der Waals surface area contributed by atoms with E-state index in [1.165, 1.54) is 0 Å². The molecule has 0 saturated carbocycles. The molecule has 0 radical (unpaired) electrons. The molecule has 78 valence electrons. The van der Waals surface area contributed by atoms with Gasteiger partial charge in [-0.25, -0.2) is 4.68 Å². The average Bonchev–Trinajstić information content (AvgIpc) is 2.77. The van der Waals surface area contributed by atoms with Gasteiger partial charge in [0.2, 0.25) is 0 Å². The minimum Gasteiger partial charge on any atom is -0.390 e. The van der Waals surface area contributed by atoms with E-state index in [2.05, 4.69) is 10.3 Å². The fraction of sp³-hybridized carbons (Fsp3) is 0.273. The molecule has 0 amide bonds. The van der Waals surface area contributed by atoms with Crippen LogP contribution < -0.4 is 0 Å². The van der Waals surface area contributed by atoms with Crippen molar-refractivity contribution < 1.29 is 5.11 Å². The number of benzene rings is 1. The van der Waals surface area contributed by atoms with Crippen molar-refractivity contribution in [2.24, 2.45) is 0 Å². The van der Waals surface area contributed by atoms with Crippen LogP contribution in [0.25, 0.3) is 0 Å². The molecule has 1 aromatic heterocycles. The molecule has 0 aliphatic carbocycles. The Balaban J connectivity index is 2.32. The van der Waals surface area contributed by atoms with Crippen molar-refractivity contribution >= 4 is 0 Å². The quantitative estimate of drug-likeness (QED) is 0.819. The van der Waals surface area contributed by atoms with Crippen molar-refractivity contribution in [1.82, 2.24) is 15.0 Å². The Morgan fingerprint density at radius 2 is 2.07 bits per heavy atom. The highest BCUT2D eigenvalue weighted by molar-refractivity contribution is 5.19. The molecule has 2 rings (SSSR count). The first-order chi connectivity index (χ1) is 7.33. The molecule has 1 aromatic carbocycles. The second-order valence-electron chi connectivity index (χ2n) is 3.41. The first kappa shape index (κ1) is 9.86. The Kier molecular flexibility index (Phi) is 2.78. The molecule has 0 spiro atoms. The highest BCUT2D eigenvalue weighted by Gasteiger charge is 2.11. The van der Waals surface area contributed by atoms with Gasteiger partial charge in [0.05, 0.1) is 24.5 Å². The van der Waals surface area contributed by atoms with E-state index < -0.39 is 0 Å². The van der Waals surface area contributed by atoms with Crippen LogP contribution in [-0.2, 0) is 6.61 Å². The van der Waals surface area contributed by atoms with Crippen molar-refractivity contribution in [3.05, 3.63) is 47.8 Å². The van der Waals surface area contributed by atoms with Crippen LogP contribution in [-0.4, -0.2) is 20.1 Å².